The van der Waals surface area contributed by atoms with Gasteiger partial charge in [0.15, 0.2) is 0 Å². The van der Waals surface area contributed by atoms with Gasteiger partial charge in [-0.2, -0.15) is 0 Å². The van der Waals surface area contributed by atoms with Crippen LogP contribution in [0, 0.1) is 17.8 Å². The number of carboxylic acids is 1. The largest absolute Gasteiger partial charge is 0.480 e. The lowest BCUT2D eigenvalue weighted by Crippen LogP contribution is -2.55. The van der Waals surface area contributed by atoms with Crippen LogP contribution in [0.2, 0.25) is 0 Å². The van der Waals surface area contributed by atoms with Gasteiger partial charge in [-0.15, -0.1) is 0 Å². The Morgan fingerprint density at radius 3 is 2.40 bits per heavy atom. The summed E-state index contributed by atoms with van der Waals surface area (Å²) in [6, 6.07) is 0.0363. The Morgan fingerprint density at radius 2 is 1.90 bits per heavy atom. The third kappa shape index (κ3) is 4.39. The molecule has 0 bridgehead atoms. The summed E-state index contributed by atoms with van der Waals surface area (Å²) in [6.45, 7) is 11.3. The van der Waals surface area contributed by atoms with Crippen LogP contribution >= 0.6 is 0 Å². The molecule has 1 N–H and O–H groups in total. The van der Waals surface area contributed by atoms with Gasteiger partial charge in [0.2, 0.25) is 0 Å². The molecule has 1 aliphatic heterocycles. The molecule has 3 unspecified atom stereocenters. The fraction of sp³-hybridized carbons (Fsp3) is 0.867. The van der Waals surface area contributed by atoms with E-state index in [1.165, 1.54) is 4.90 Å². The van der Waals surface area contributed by atoms with Crippen LogP contribution in [0.25, 0.3) is 0 Å². The summed E-state index contributed by atoms with van der Waals surface area (Å²) in [7, 11) is 0. The first-order chi connectivity index (χ1) is 9.22. The molecule has 0 spiro atoms. The fourth-order valence-corrected chi connectivity index (χ4v) is 2.96. The minimum atomic E-state index is -0.954. The molecule has 1 aliphatic rings. The molecule has 1 fully saturated rings. The molecule has 1 saturated heterocycles. The summed E-state index contributed by atoms with van der Waals surface area (Å²) >= 11 is 0. The maximum Gasteiger partial charge on any atom is 0.323 e. The van der Waals surface area contributed by atoms with Crippen molar-refractivity contribution in [1.82, 2.24) is 9.80 Å². The molecule has 2 amide bonds. The molecule has 0 aromatic heterocycles. The van der Waals surface area contributed by atoms with E-state index < -0.39 is 5.97 Å². The van der Waals surface area contributed by atoms with Crippen LogP contribution in [0.4, 0.5) is 4.79 Å². The predicted octanol–water partition coefficient (Wildman–Crippen LogP) is 2.52. The summed E-state index contributed by atoms with van der Waals surface area (Å²) in [4.78, 5) is 27.0. The maximum atomic E-state index is 12.7. The van der Waals surface area contributed by atoms with Gasteiger partial charge in [0.1, 0.15) is 6.54 Å². The van der Waals surface area contributed by atoms with Crippen LogP contribution in [-0.4, -0.2) is 52.6 Å². The number of hydrogen-bond donors (Lipinski definition) is 1. The highest BCUT2D eigenvalue weighted by atomic mass is 16.4. The molecule has 5 heteroatoms. The van der Waals surface area contributed by atoms with E-state index in [-0.39, 0.29) is 24.5 Å². The van der Waals surface area contributed by atoms with Gasteiger partial charge in [-0.1, -0.05) is 27.7 Å². The van der Waals surface area contributed by atoms with Gasteiger partial charge >= 0.3 is 12.0 Å². The monoisotopic (exact) mass is 284 g/mol. The summed E-state index contributed by atoms with van der Waals surface area (Å²) < 4.78 is 0. The van der Waals surface area contributed by atoms with Gasteiger partial charge < -0.3 is 14.9 Å². The molecule has 0 radical (unpaired) electrons. The van der Waals surface area contributed by atoms with Crippen LogP contribution in [0.5, 0.6) is 0 Å². The Bertz CT molecular complexity index is 357. The number of piperidine rings is 1. The van der Waals surface area contributed by atoms with E-state index in [2.05, 4.69) is 20.8 Å². The van der Waals surface area contributed by atoms with Gasteiger partial charge in [-0.05, 0) is 31.1 Å². The second-order valence-electron chi connectivity index (χ2n) is 6.66. The first kappa shape index (κ1) is 16.8. The van der Waals surface area contributed by atoms with Crippen molar-refractivity contribution in [3.05, 3.63) is 0 Å². The Morgan fingerprint density at radius 1 is 1.30 bits per heavy atom. The second-order valence-corrected chi connectivity index (χ2v) is 6.66. The molecular formula is C15H28N2O3. The van der Waals surface area contributed by atoms with E-state index in [4.69, 9.17) is 5.11 Å². The van der Waals surface area contributed by atoms with Gasteiger partial charge in [0, 0.05) is 19.1 Å². The zero-order valence-corrected chi connectivity index (χ0v) is 13.3. The number of aliphatic carboxylic acids is 1. The smallest absolute Gasteiger partial charge is 0.323 e. The molecule has 116 valence electrons. The minimum Gasteiger partial charge on any atom is -0.480 e. The fourth-order valence-electron chi connectivity index (χ4n) is 2.96. The molecule has 20 heavy (non-hydrogen) atoms. The summed E-state index contributed by atoms with van der Waals surface area (Å²) in [5.74, 6) is 0.224. The third-order valence-electron chi connectivity index (χ3n) is 4.03. The molecular weight excluding hydrogens is 256 g/mol. The quantitative estimate of drug-likeness (QED) is 0.863. The maximum absolute atomic E-state index is 12.7. The Hall–Kier alpha value is -1.26. The zero-order chi connectivity index (χ0) is 15.4. The van der Waals surface area contributed by atoms with Crippen molar-refractivity contribution in [2.45, 2.75) is 47.1 Å². The van der Waals surface area contributed by atoms with Gasteiger partial charge in [0.05, 0.1) is 0 Å². The molecule has 0 saturated carbocycles. The first-order valence-electron chi connectivity index (χ1n) is 7.49. The van der Waals surface area contributed by atoms with Crippen LogP contribution in [0.1, 0.15) is 41.0 Å². The van der Waals surface area contributed by atoms with Gasteiger partial charge in [0.25, 0.3) is 0 Å². The number of amides is 2. The third-order valence-corrected chi connectivity index (χ3v) is 4.03. The summed E-state index contributed by atoms with van der Waals surface area (Å²) in [6.07, 6.45) is 1.12. The molecule has 1 rings (SSSR count). The Kier molecular flexibility index (Phi) is 5.84. The van der Waals surface area contributed by atoms with E-state index >= 15 is 0 Å². The first-order valence-corrected chi connectivity index (χ1v) is 7.49. The van der Waals surface area contributed by atoms with Gasteiger partial charge in [-0.25, -0.2) is 4.79 Å². The molecule has 3 atom stereocenters. The number of urea groups is 1. The zero-order valence-electron chi connectivity index (χ0n) is 13.3. The van der Waals surface area contributed by atoms with Crippen LogP contribution in [-0.2, 0) is 4.79 Å². The van der Waals surface area contributed by atoms with Crippen LogP contribution < -0.4 is 0 Å². The van der Waals surface area contributed by atoms with Crippen molar-refractivity contribution in [2.24, 2.45) is 17.8 Å². The average molecular weight is 284 g/mol. The summed E-state index contributed by atoms with van der Waals surface area (Å²) in [5.41, 5.74) is 0. The summed E-state index contributed by atoms with van der Waals surface area (Å²) in [5, 5.41) is 9.00. The molecule has 0 aromatic carbocycles. The molecule has 0 aliphatic carbocycles. The van der Waals surface area contributed by atoms with Crippen molar-refractivity contribution in [2.75, 3.05) is 19.6 Å². The Labute approximate surface area is 121 Å². The number of hydrogen-bond acceptors (Lipinski definition) is 2. The highest BCUT2D eigenvalue weighted by Gasteiger charge is 2.34. The lowest BCUT2D eigenvalue weighted by Gasteiger charge is -2.43. The topological polar surface area (TPSA) is 60.9 Å². The Balaban J connectivity index is 2.83. The average Bonchev–Trinajstić information content (AvgIpc) is 2.30. The lowest BCUT2D eigenvalue weighted by atomic mass is 9.86. The second kappa shape index (κ2) is 6.95. The van der Waals surface area contributed by atoms with Crippen molar-refractivity contribution < 1.29 is 14.7 Å². The number of nitrogens with zero attached hydrogens (tertiary/aromatic N) is 2. The van der Waals surface area contributed by atoms with E-state index in [0.717, 1.165) is 13.0 Å². The van der Waals surface area contributed by atoms with E-state index in [1.807, 2.05) is 18.7 Å². The standard InChI is InChI=1S/C15H28N2O3/c1-10(2)7-16(9-14(18)19)15(20)17-8-11(3)6-12(4)13(17)5/h10-13H,6-9H2,1-5H3,(H,18,19). The van der Waals surface area contributed by atoms with E-state index in [0.29, 0.717) is 18.4 Å². The molecule has 1 heterocycles. The predicted molar refractivity (Wildman–Crippen MR) is 78.6 cm³/mol. The van der Waals surface area contributed by atoms with E-state index in [9.17, 15) is 9.59 Å². The number of carbonyl (C=O) groups is 2. The number of likely N-dealkylation sites (tertiary alicyclic amines) is 1. The normalized spacial score (nSPS) is 26.7. The number of carboxylic acid groups (broad SMARTS) is 1. The van der Waals surface area contributed by atoms with Crippen molar-refractivity contribution in [3.63, 3.8) is 0 Å². The molecule has 5 nitrogen and oxygen atoms in total. The van der Waals surface area contributed by atoms with Crippen LogP contribution in [0.15, 0.2) is 0 Å². The van der Waals surface area contributed by atoms with Crippen LogP contribution in [0.3, 0.4) is 0 Å². The number of rotatable bonds is 4. The van der Waals surface area contributed by atoms with E-state index in [1.54, 1.807) is 0 Å². The van der Waals surface area contributed by atoms with Gasteiger partial charge in [-0.3, -0.25) is 4.79 Å². The minimum absolute atomic E-state index is 0.132. The van der Waals surface area contributed by atoms with Crippen molar-refractivity contribution in [1.29, 1.82) is 0 Å². The lowest BCUT2D eigenvalue weighted by molar-refractivity contribution is -0.137. The molecule has 0 aromatic rings. The van der Waals surface area contributed by atoms with Crippen molar-refractivity contribution in [3.8, 4) is 0 Å². The highest BCUT2D eigenvalue weighted by Crippen LogP contribution is 2.27. The van der Waals surface area contributed by atoms with Crippen molar-refractivity contribution >= 4 is 12.0 Å². The SMILES string of the molecule is CC(C)CN(CC(=O)O)C(=O)N1CC(C)CC(C)C1C. The number of carbonyl (C=O) groups excluding carboxylic acids is 1. The highest BCUT2D eigenvalue weighted by molar-refractivity contribution is 5.80.